The summed E-state index contributed by atoms with van der Waals surface area (Å²) in [6, 6.07) is 2.20. The molecule has 1 aromatic heterocycles. The maximum atomic E-state index is 5.76. The number of hydrogen-bond donors (Lipinski definition) is 0. The first-order chi connectivity index (χ1) is 7.63. The largest absolute Gasteiger partial charge is 0.378 e. The first-order valence-electron chi connectivity index (χ1n) is 5.65. The second-order valence-electron chi connectivity index (χ2n) is 4.24. The third kappa shape index (κ3) is 2.55. The lowest BCUT2D eigenvalue weighted by molar-refractivity contribution is 0.0874. The monoisotopic (exact) mass is 366 g/mol. The van der Waals surface area contributed by atoms with Gasteiger partial charge in [-0.25, -0.2) is 0 Å². The Morgan fingerprint density at radius 2 is 2.38 bits per heavy atom. The van der Waals surface area contributed by atoms with Gasteiger partial charge >= 0.3 is 0 Å². The molecule has 0 bridgehead atoms. The first kappa shape index (κ1) is 13.1. The molecule has 2 heterocycles. The van der Waals surface area contributed by atoms with E-state index in [9.17, 15) is 0 Å². The van der Waals surface area contributed by atoms with E-state index in [0.717, 1.165) is 19.4 Å². The Balaban J connectivity index is 2.18. The van der Waals surface area contributed by atoms with Crippen LogP contribution in [0.4, 0.5) is 0 Å². The molecule has 16 heavy (non-hydrogen) atoms. The van der Waals surface area contributed by atoms with E-state index in [-0.39, 0.29) is 0 Å². The lowest BCUT2D eigenvalue weighted by Gasteiger charge is -2.21. The fourth-order valence-electron chi connectivity index (χ4n) is 2.30. The molecule has 1 nitrogen and oxygen atoms in total. The first-order valence-corrected chi connectivity index (χ1v) is 8.17. The number of aryl methyl sites for hydroxylation is 1. The molecule has 0 aromatic carbocycles. The van der Waals surface area contributed by atoms with Gasteiger partial charge in [0.15, 0.2) is 0 Å². The Bertz CT molecular complexity index is 364. The van der Waals surface area contributed by atoms with Crippen molar-refractivity contribution in [1.82, 2.24) is 0 Å². The molecule has 3 atom stereocenters. The van der Waals surface area contributed by atoms with Crippen LogP contribution in [0.3, 0.4) is 0 Å². The number of thiophene rings is 1. The van der Waals surface area contributed by atoms with Gasteiger partial charge in [0.25, 0.3) is 0 Å². The predicted molar refractivity (Wildman–Crippen MR) is 76.6 cm³/mol. The number of alkyl halides is 1. The maximum absolute atomic E-state index is 5.76. The average Bonchev–Trinajstić information content (AvgIpc) is 2.83. The van der Waals surface area contributed by atoms with E-state index in [2.05, 4.69) is 51.8 Å². The molecule has 1 fully saturated rings. The Hall–Kier alpha value is 0.620. The van der Waals surface area contributed by atoms with Gasteiger partial charge in [0, 0.05) is 26.8 Å². The van der Waals surface area contributed by atoms with E-state index in [0.29, 0.717) is 16.8 Å². The van der Waals surface area contributed by atoms with Gasteiger partial charge in [0.2, 0.25) is 0 Å². The summed E-state index contributed by atoms with van der Waals surface area (Å²) in [5, 5.41) is 0. The Morgan fingerprint density at radius 1 is 1.62 bits per heavy atom. The molecule has 4 heteroatoms. The lowest BCUT2D eigenvalue weighted by atomic mass is 9.95. The van der Waals surface area contributed by atoms with E-state index in [1.807, 2.05) is 11.3 Å². The summed E-state index contributed by atoms with van der Waals surface area (Å²) in [5.41, 5.74) is 0. The lowest BCUT2D eigenvalue weighted by Crippen LogP contribution is -2.18. The van der Waals surface area contributed by atoms with E-state index in [4.69, 9.17) is 4.74 Å². The third-order valence-corrected chi connectivity index (χ3v) is 6.62. The van der Waals surface area contributed by atoms with Gasteiger partial charge in [-0.05, 0) is 41.8 Å². The van der Waals surface area contributed by atoms with Crippen molar-refractivity contribution < 1.29 is 4.74 Å². The van der Waals surface area contributed by atoms with Gasteiger partial charge in [0.05, 0.1) is 10.9 Å². The zero-order valence-corrected chi connectivity index (χ0v) is 13.5. The highest BCUT2D eigenvalue weighted by Gasteiger charge is 2.34. The molecule has 1 aliphatic heterocycles. The van der Waals surface area contributed by atoms with Crippen LogP contribution in [0.25, 0.3) is 0 Å². The quantitative estimate of drug-likeness (QED) is 0.677. The summed E-state index contributed by atoms with van der Waals surface area (Å²) in [4.78, 5) is 3.19. The zero-order chi connectivity index (χ0) is 11.7. The SMILES string of the molecule is CCC1OCCC1C(Br)c1sc(C)cc1Br. The summed E-state index contributed by atoms with van der Waals surface area (Å²) in [6.07, 6.45) is 2.69. The molecule has 1 saturated heterocycles. The fraction of sp³-hybridized carbons (Fsp3) is 0.667. The van der Waals surface area contributed by atoms with Crippen LogP contribution >= 0.6 is 43.2 Å². The zero-order valence-electron chi connectivity index (χ0n) is 9.50. The van der Waals surface area contributed by atoms with E-state index in [1.54, 1.807) is 0 Å². The van der Waals surface area contributed by atoms with Crippen molar-refractivity contribution in [2.75, 3.05) is 6.61 Å². The highest BCUT2D eigenvalue weighted by atomic mass is 79.9. The van der Waals surface area contributed by atoms with Gasteiger partial charge in [-0.1, -0.05) is 22.9 Å². The molecular weight excluding hydrogens is 352 g/mol. The van der Waals surface area contributed by atoms with E-state index in [1.165, 1.54) is 14.2 Å². The molecule has 2 rings (SSSR count). The van der Waals surface area contributed by atoms with Crippen LogP contribution in [0.2, 0.25) is 0 Å². The van der Waals surface area contributed by atoms with Crippen molar-refractivity contribution in [3.8, 4) is 0 Å². The van der Waals surface area contributed by atoms with Crippen LogP contribution in [0.5, 0.6) is 0 Å². The van der Waals surface area contributed by atoms with Crippen LogP contribution in [0.1, 0.15) is 34.3 Å². The normalized spacial score (nSPS) is 27.2. The van der Waals surface area contributed by atoms with Gasteiger partial charge in [-0.3, -0.25) is 0 Å². The number of ether oxygens (including phenoxy) is 1. The molecule has 0 spiro atoms. The minimum atomic E-state index is 0.415. The molecule has 0 aliphatic carbocycles. The molecule has 1 aliphatic rings. The van der Waals surface area contributed by atoms with Crippen LogP contribution in [0.15, 0.2) is 10.5 Å². The smallest absolute Gasteiger partial charge is 0.0615 e. The minimum absolute atomic E-state index is 0.415. The van der Waals surface area contributed by atoms with E-state index >= 15 is 0 Å². The second-order valence-corrected chi connectivity index (χ2v) is 7.37. The van der Waals surface area contributed by atoms with Gasteiger partial charge in [-0.15, -0.1) is 11.3 Å². The van der Waals surface area contributed by atoms with Crippen LogP contribution in [-0.2, 0) is 4.74 Å². The fourth-order valence-corrected chi connectivity index (χ4v) is 5.69. The van der Waals surface area contributed by atoms with Gasteiger partial charge in [0.1, 0.15) is 0 Å². The molecule has 3 unspecified atom stereocenters. The molecule has 90 valence electrons. The molecule has 0 amide bonds. The van der Waals surface area contributed by atoms with Crippen molar-refractivity contribution >= 4 is 43.2 Å². The van der Waals surface area contributed by atoms with Crippen molar-refractivity contribution in [3.63, 3.8) is 0 Å². The Kier molecular flexibility index (Phi) is 4.50. The van der Waals surface area contributed by atoms with E-state index < -0.39 is 0 Å². The average molecular weight is 368 g/mol. The number of halogens is 2. The second kappa shape index (κ2) is 5.51. The number of hydrogen-bond acceptors (Lipinski definition) is 2. The highest BCUT2D eigenvalue weighted by molar-refractivity contribution is 9.11. The molecule has 1 aromatic rings. The summed E-state index contributed by atoms with van der Waals surface area (Å²) in [6.45, 7) is 5.27. The third-order valence-electron chi connectivity index (χ3n) is 3.13. The maximum Gasteiger partial charge on any atom is 0.0615 e. The van der Waals surface area contributed by atoms with Crippen LogP contribution < -0.4 is 0 Å². The highest BCUT2D eigenvalue weighted by Crippen LogP contribution is 2.45. The summed E-state index contributed by atoms with van der Waals surface area (Å²) >= 11 is 9.38. The Labute approximate surface area is 118 Å². The van der Waals surface area contributed by atoms with Gasteiger partial charge in [-0.2, -0.15) is 0 Å². The molecule has 0 saturated carbocycles. The minimum Gasteiger partial charge on any atom is -0.378 e. The van der Waals surface area contributed by atoms with Crippen LogP contribution in [-0.4, -0.2) is 12.7 Å². The summed E-state index contributed by atoms with van der Waals surface area (Å²) in [7, 11) is 0. The predicted octanol–water partition coefficient (Wildman–Crippen LogP) is 5.07. The van der Waals surface area contributed by atoms with Crippen molar-refractivity contribution in [1.29, 1.82) is 0 Å². The summed E-state index contributed by atoms with van der Waals surface area (Å²) < 4.78 is 7.00. The van der Waals surface area contributed by atoms with Crippen LogP contribution in [0, 0.1) is 12.8 Å². The molecule has 0 N–H and O–H groups in total. The number of rotatable bonds is 3. The van der Waals surface area contributed by atoms with Gasteiger partial charge < -0.3 is 4.74 Å². The topological polar surface area (TPSA) is 9.23 Å². The van der Waals surface area contributed by atoms with Crippen molar-refractivity contribution in [2.24, 2.45) is 5.92 Å². The Morgan fingerprint density at radius 3 is 2.94 bits per heavy atom. The molecular formula is C12H16Br2OS. The van der Waals surface area contributed by atoms with Crippen molar-refractivity contribution in [2.45, 2.75) is 37.6 Å². The van der Waals surface area contributed by atoms with Crippen molar-refractivity contribution in [3.05, 3.63) is 20.3 Å². The summed E-state index contributed by atoms with van der Waals surface area (Å²) in [5.74, 6) is 0.611. The standard InChI is InChI=1S/C12H16Br2OS/c1-3-10-8(4-5-15-10)11(14)12-9(13)6-7(2)16-12/h6,8,10-11H,3-5H2,1-2H3. The molecule has 0 radical (unpaired) electrons.